The normalized spacial score (nSPS) is 20.2. The number of aliphatic hydroxyl groups excluding tert-OH is 1. The van der Waals surface area contributed by atoms with Gasteiger partial charge in [0.15, 0.2) is 0 Å². The molecule has 3 unspecified atom stereocenters. The van der Waals surface area contributed by atoms with Gasteiger partial charge in [-0.1, -0.05) is 37.3 Å². The summed E-state index contributed by atoms with van der Waals surface area (Å²) in [7, 11) is 0. The first kappa shape index (κ1) is 18.7. The maximum absolute atomic E-state index is 12.1. The van der Waals surface area contributed by atoms with Crippen LogP contribution in [0.3, 0.4) is 0 Å². The van der Waals surface area contributed by atoms with Gasteiger partial charge in [-0.25, -0.2) is 4.79 Å². The molecular formula is C19H31N3O2. The van der Waals surface area contributed by atoms with Gasteiger partial charge >= 0.3 is 6.03 Å². The van der Waals surface area contributed by atoms with Crippen molar-refractivity contribution in [1.29, 1.82) is 0 Å². The van der Waals surface area contributed by atoms with E-state index in [0.717, 1.165) is 25.9 Å². The second-order valence-corrected chi connectivity index (χ2v) is 6.96. The van der Waals surface area contributed by atoms with E-state index in [1.165, 1.54) is 5.56 Å². The monoisotopic (exact) mass is 333 g/mol. The summed E-state index contributed by atoms with van der Waals surface area (Å²) in [5.41, 5.74) is 1.34. The van der Waals surface area contributed by atoms with Crippen molar-refractivity contribution < 1.29 is 9.90 Å². The van der Waals surface area contributed by atoms with Crippen molar-refractivity contribution in [1.82, 2.24) is 15.5 Å². The Balaban J connectivity index is 1.75. The highest BCUT2D eigenvalue weighted by Crippen LogP contribution is 2.23. The molecule has 0 aromatic heterocycles. The van der Waals surface area contributed by atoms with Crippen LogP contribution in [0.15, 0.2) is 30.3 Å². The minimum absolute atomic E-state index is 0.0341. The Morgan fingerprint density at radius 1 is 1.21 bits per heavy atom. The van der Waals surface area contributed by atoms with Crippen LogP contribution in [0.4, 0.5) is 4.79 Å². The van der Waals surface area contributed by atoms with E-state index < -0.39 is 0 Å². The molecule has 1 saturated heterocycles. The zero-order valence-corrected chi connectivity index (χ0v) is 15.0. The Kier molecular flexibility index (Phi) is 7.06. The topological polar surface area (TPSA) is 64.6 Å². The van der Waals surface area contributed by atoms with Gasteiger partial charge in [0.2, 0.25) is 0 Å². The highest BCUT2D eigenvalue weighted by atomic mass is 16.3. The fourth-order valence-corrected chi connectivity index (χ4v) is 3.11. The Bertz CT molecular complexity index is 501. The molecule has 2 rings (SSSR count). The first-order valence-electron chi connectivity index (χ1n) is 8.98. The van der Waals surface area contributed by atoms with E-state index in [1.54, 1.807) is 0 Å². The molecule has 1 heterocycles. The predicted octanol–water partition coefficient (Wildman–Crippen LogP) is 2.53. The molecule has 0 spiro atoms. The second-order valence-electron chi connectivity index (χ2n) is 6.96. The van der Waals surface area contributed by atoms with Crippen LogP contribution in [0.2, 0.25) is 0 Å². The molecule has 1 aliphatic rings. The van der Waals surface area contributed by atoms with Gasteiger partial charge in [0.25, 0.3) is 0 Å². The summed E-state index contributed by atoms with van der Waals surface area (Å²) in [5.74, 6) is 0.0596. The van der Waals surface area contributed by atoms with Crippen molar-refractivity contribution in [3.8, 4) is 0 Å². The first-order valence-corrected chi connectivity index (χ1v) is 8.98. The van der Waals surface area contributed by atoms with Crippen LogP contribution in [0.1, 0.15) is 45.2 Å². The summed E-state index contributed by atoms with van der Waals surface area (Å²) in [4.78, 5) is 14.5. The van der Waals surface area contributed by atoms with Crippen molar-refractivity contribution in [3.63, 3.8) is 0 Å². The maximum Gasteiger partial charge on any atom is 0.315 e. The smallest absolute Gasteiger partial charge is 0.315 e. The third-order valence-corrected chi connectivity index (χ3v) is 5.19. The molecule has 3 N–H and O–H groups in total. The van der Waals surface area contributed by atoms with Gasteiger partial charge in [-0.3, -0.25) is 4.90 Å². The minimum atomic E-state index is -0.127. The van der Waals surface area contributed by atoms with Gasteiger partial charge in [-0.05, 0) is 38.2 Å². The fourth-order valence-electron chi connectivity index (χ4n) is 3.11. The van der Waals surface area contributed by atoms with Crippen LogP contribution < -0.4 is 10.6 Å². The molecule has 1 fully saturated rings. The number of hydrogen-bond acceptors (Lipinski definition) is 3. The average molecular weight is 333 g/mol. The van der Waals surface area contributed by atoms with Crippen LogP contribution in [0.5, 0.6) is 0 Å². The number of nitrogens with one attached hydrogen (secondary N) is 2. The van der Waals surface area contributed by atoms with Gasteiger partial charge in [0, 0.05) is 37.8 Å². The van der Waals surface area contributed by atoms with E-state index in [9.17, 15) is 4.79 Å². The van der Waals surface area contributed by atoms with Crippen LogP contribution in [-0.2, 0) is 0 Å². The Hall–Kier alpha value is -1.59. The lowest BCUT2D eigenvalue weighted by atomic mass is 10.0. The van der Waals surface area contributed by atoms with E-state index in [4.69, 9.17) is 5.11 Å². The summed E-state index contributed by atoms with van der Waals surface area (Å²) in [5, 5.41) is 15.1. The lowest BCUT2D eigenvalue weighted by Crippen LogP contribution is -2.51. The van der Waals surface area contributed by atoms with Crippen LogP contribution in [0, 0.1) is 5.92 Å². The maximum atomic E-state index is 12.1. The molecule has 0 radical (unpaired) electrons. The molecule has 24 heavy (non-hydrogen) atoms. The lowest BCUT2D eigenvalue weighted by Gasteiger charge is -2.36. The van der Waals surface area contributed by atoms with E-state index in [2.05, 4.69) is 46.7 Å². The Labute approximate surface area is 145 Å². The number of carbonyl (C=O) groups is 1. The summed E-state index contributed by atoms with van der Waals surface area (Å²) < 4.78 is 0. The average Bonchev–Trinajstić information content (AvgIpc) is 2.61. The second kappa shape index (κ2) is 9.04. The zero-order valence-electron chi connectivity index (χ0n) is 15.0. The summed E-state index contributed by atoms with van der Waals surface area (Å²) in [6, 6.07) is 11.0. The number of amides is 2. The third kappa shape index (κ3) is 5.21. The van der Waals surface area contributed by atoms with Crippen molar-refractivity contribution in [3.05, 3.63) is 35.9 Å². The number of benzene rings is 1. The van der Waals surface area contributed by atoms with Crippen molar-refractivity contribution >= 4 is 6.03 Å². The van der Waals surface area contributed by atoms with Crippen LogP contribution >= 0.6 is 0 Å². The van der Waals surface area contributed by atoms with Crippen LogP contribution in [-0.4, -0.2) is 47.8 Å². The Morgan fingerprint density at radius 3 is 2.42 bits per heavy atom. The first-order chi connectivity index (χ1) is 11.5. The highest BCUT2D eigenvalue weighted by Gasteiger charge is 2.25. The molecule has 134 valence electrons. The van der Waals surface area contributed by atoms with Crippen LogP contribution in [0.25, 0.3) is 0 Å². The van der Waals surface area contributed by atoms with E-state index in [1.807, 2.05) is 19.9 Å². The number of urea groups is 1. The van der Waals surface area contributed by atoms with Crippen molar-refractivity contribution in [2.24, 2.45) is 5.92 Å². The molecular weight excluding hydrogens is 302 g/mol. The van der Waals surface area contributed by atoms with Gasteiger partial charge < -0.3 is 15.7 Å². The summed E-state index contributed by atoms with van der Waals surface area (Å²) in [6.07, 6.45) is 1.93. The molecule has 2 amide bonds. The molecule has 1 aliphatic heterocycles. The molecule has 3 atom stereocenters. The van der Waals surface area contributed by atoms with Gasteiger partial charge in [-0.2, -0.15) is 0 Å². The largest absolute Gasteiger partial charge is 0.396 e. The molecule has 0 saturated carbocycles. The number of carbonyl (C=O) groups excluding carboxylic acids is 1. The molecule has 0 aliphatic carbocycles. The Morgan fingerprint density at radius 2 is 1.83 bits per heavy atom. The van der Waals surface area contributed by atoms with E-state index >= 15 is 0 Å². The molecule has 5 heteroatoms. The number of likely N-dealkylation sites (tertiary alicyclic amines) is 1. The number of rotatable bonds is 6. The molecule has 1 aromatic rings. The third-order valence-electron chi connectivity index (χ3n) is 5.19. The van der Waals surface area contributed by atoms with Gasteiger partial charge in [-0.15, -0.1) is 0 Å². The molecule has 1 aromatic carbocycles. The number of piperidine rings is 1. The molecule has 0 bridgehead atoms. The quantitative estimate of drug-likeness (QED) is 0.749. The lowest BCUT2D eigenvalue weighted by molar-refractivity contribution is 0.151. The summed E-state index contributed by atoms with van der Waals surface area (Å²) >= 11 is 0. The van der Waals surface area contributed by atoms with Crippen molar-refractivity contribution in [2.45, 2.75) is 51.7 Å². The molecule has 5 nitrogen and oxygen atoms in total. The highest BCUT2D eigenvalue weighted by molar-refractivity contribution is 5.74. The zero-order chi connectivity index (χ0) is 17.5. The fraction of sp³-hybridized carbons (Fsp3) is 0.632. The number of nitrogens with zero attached hydrogens (tertiary/aromatic N) is 1. The van der Waals surface area contributed by atoms with E-state index in [0.29, 0.717) is 6.04 Å². The van der Waals surface area contributed by atoms with Crippen molar-refractivity contribution in [2.75, 3.05) is 19.7 Å². The standard InChI is InChI=1S/C19H31N3O2/c1-14(13-23)15(2)20-19(24)21-18-9-11-22(12-10-18)16(3)17-7-5-4-6-8-17/h4-8,14-16,18,23H,9-13H2,1-3H3,(H2,20,21,24). The number of aliphatic hydroxyl groups is 1. The predicted molar refractivity (Wildman–Crippen MR) is 96.8 cm³/mol. The van der Waals surface area contributed by atoms with Gasteiger partial charge in [0.1, 0.15) is 0 Å². The van der Waals surface area contributed by atoms with Gasteiger partial charge in [0.05, 0.1) is 0 Å². The number of hydrogen-bond donors (Lipinski definition) is 3. The summed E-state index contributed by atoms with van der Waals surface area (Å²) in [6.45, 7) is 8.15. The van der Waals surface area contributed by atoms with E-state index in [-0.39, 0.29) is 30.6 Å². The minimum Gasteiger partial charge on any atom is -0.396 e. The SMILES string of the molecule is CC(CO)C(C)NC(=O)NC1CCN(C(C)c2ccccc2)CC1.